The fraction of sp³-hybridized carbons (Fsp3) is 0.824. The molecule has 0 amide bonds. The predicted molar refractivity (Wildman–Crippen MR) is 84.8 cm³/mol. The second-order valence-electron chi connectivity index (χ2n) is 8.32. The van der Waals surface area contributed by atoms with Gasteiger partial charge in [0, 0.05) is 24.7 Å². The van der Waals surface area contributed by atoms with Gasteiger partial charge >= 0.3 is 0 Å². The van der Waals surface area contributed by atoms with Gasteiger partial charge in [0.25, 0.3) is 0 Å². The van der Waals surface area contributed by atoms with Crippen molar-refractivity contribution in [2.45, 2.75) is 65.3 Å². The van der Waals surface area contributed by atoms with Crippen molar-refractivity contribution in [2.75, 3.05) is 6.54 Å². The molecule has 0 radical (unpaired) electrons. The van der Waals surface area contributed by atoms with Crippen molar-refractivity contribution in [2.24, 2.45) is 18.4 Å². The van der Waals surface area contributed by atoms with Gasteiger partial charge in [0.05, 0.1) is 5.69 Å². The van der Waals surface area contributed by atoms with Gasteiger partial charge in [-0.25, -0.2) is 0 Å². The average molecular weight is 277 g/mol. The first-order chi connectivity index (χ1) is 9.16. The number of nitrogens with one attached hydrogen (secondary N) is 1. The quantitative estimate of drug-likeness (QED) is 0.912. The number of rotatable bonds is 3. The molecule has 1 N–H and O–H groups in total. The number of nitrogens with zero attached hydrogens (tertiary/aromatic N) is 2. The smallest absolute Gasteiger partial charge is 0.0658 e. The lowest BCUT2D eigenvalue weighted by Crippen LogP contribution is -2.42. The first kappa shape index (κ1) is 15.6. The fourth-order valence-electron chi connectivity index (χ4n) is 3.30. The minimum atomic E-state index is 0.196. The Balaban J connectivity index is 2.12. The van der Waals surface area contributed by atoms with Crippen LogP contribution in [0.3, 0.4) is 0 Å². The van der Waals surface area contributed by atoms with E-state index >= 15 is 0 Å². The largest absolute Gasteiger partial charge is 0.312 e. The highest BCUT2D eigenvalue weighted by atomic mass is 15.2. The van der Waals surface area contributed by atoms with Gasteiger partial charge in [-0.3, -0.25) is 4.68 Å². The lowest BCUT2D eigenvalue weighted by molar-refractivity contribution is 0.151. The third-order valence-corrected chi connectivity index (χ3v) is 4.54. The maximum absolute atomic E-state index is 4.68. The minimum Gasteiger partial charge on any atom is -0.312 e. The SMILES string of the molecule is Cn1ccc(C2CC(C)(C)CCC2CNC(C)(C)C)n1. The Bertz CT molecular complexity index is 439. The topological polar surface area (TPSA) is 29.9 Å². The van der Waals surface area contributed by atoms with Gasteiger partial charge in [0.2, 0.25) is 0 Å². The van der Waals surface area contributed by atoms with E-state index in [-0.39, 0.29) is 5.54 Å². The first-order valence-electron chi connectivity index (χ1n) is 7.91. The van der Waals surface area contributed by atoms with Gasteiger partial charge in [-0.2, -0.15) is 5.10 Å². The van der Waals surface area contributed by atoms with Crippen LogP contribution in [0.2, 0.25) is 0 Å². The molecule has 2 atom stereocenters. The summed E-state index contributed by atoms with van der Waals surface area (Å²) < 4.78 is 1.94. The van der Waals surface area contributed by atoms with Crippen molar-refractivity contribution in [3.8, 4) is 0 Å². The molecule has 2 rings (SSSR count). The molecule has 20 heavy (non-hydrogen) atoms. The normalized spacial score (nSPS) is 26.7. The summed E-state index contributed by atoms with van der Waals surface area (Å²) >= 11 is 0. The van der Waals surface area contributed by atoms with Crippen molar-refractivity contribution in [1.29, 1.82) is 0 Å². The van der Waals surface area contributed by atoms with E-state index in [9.17, 15) is 0 Å². The Morgan fingerprint density at radius 3 is 2.65 bits per heavy atom. The second kappa shape index (κ2) is 5.51. The molecule has 0 aromatic carbocycles. The first-order valence-corrected chi connectivity index (χ1v) is 7.91. The summed E-state index contributed by atoms with van der Waals surface area (Å²) in [6.07, 6.45) is 5.95. The molecule has 3 nitrogen and oxygen atoms in total. The molecule has 1 aromatic rings. The molecular weight excluding hydrogens is 246 g/mol. The molecule has 1 aliphatic rings. The molecular formula is C17H31N3. The molecule has 0 saturated heterocycles. The third kappa shape index (κ3) is 4.08. The van der Waals surface area contributed by atoms with Gasteiger partial charge < -0.3 is 5.32 Å². The summed E-state index contributed by atoms with van der Waals surface area (Å²) in [7, 11) is 2.01. The lowest BCUT2D eigenvalue weighted by Gasteiger charge is -2.41. The maximum Gasteiger partial charge on any atom is 0.0658 e. The van der Waals surface area contributed by atoms with E-state index in [0.29, 0.717) is 17.3 Å². The highest BCUT2D eigenvalue weighted by Gasteiger charge is 2.36. The van der Waals surface area contributed by atoms with Gasteiger partial charge in [-0.05, 0) is 64.0 Å². The standard InChI is InChI=1S/C17H31N3/c1-16(2,3)18-12-13-7-9-17(4,5)11-14(13)15-8-10-20(6)19-15/h8,10,13-14,18H,7,9,11-12H2,1-6H3. The Kier molecular flexibility index (Phi) is 4.29. The van der Waals surface area contributed by atoms with Crippen LogP contribution in [0.25, 0.3) is 0 Å². The number of aromatic nitrogens is 2. The number of hydrogen-bond acceptors (Lipinski definition) is 2. The van der Waals surface area contributed by atoms with E-state index in [1.807, 2.05) is 11.7 Å². The van der Waals surface area contributed by atoms with Crippen LogP contribution in [0.1, 0.15) is 65.5 Å². The maximum atomic E-state index is 4.68. The van der Waals surface area contributed by atoms with Crippen molar-refractivity contribution >= 4 is 0 Å². The van der Waals surface area contributed by atoms with E-state index in [0.717, 1.165) is 6.54 Å². The van der Waals surface area contributed by atoms with Crippen LogP contribution in [0, 0.1) is 11.3 Å². The van der Waals surface area contributed by atoms with Crippen LogP contribution < -0.4 is 5.32 Å². The molecule has 1 heterocycles. The zero-order valence-electron chi connectivity index (χ0n) is 14.0. The molecule has 0 spiro atoms. The Morgan fingerprint density at radius 1 is 1.40 bits per heavy atom. The summed E-state index contributed by atoms with van der Waals surface area (Å²) in [4.78, 5) is 0. The molecule has 3 heteroatoms. The van der Waals surface area contributed by atoms with Crippen LogP contribution in [0.15, 0.2) is 12.3 Å². The Labute approximate surface area is 124 Å². The van der Waals surface area contributed by atoms with Gasteiger partial charge in [-0.15, -0.1) is 0 Å². The highest BCUT2D eigenvalue weighted by Crippen LogP contribution is 2.46. The van der Waals surface area contributed by atoms with Crippen LogP contribution in [-0.2, 0) is 7.05 Å². The monoisotopic (exact) mass is 277 g/mol. The van der Waals surface area contributed by atoms with Crippen LogP contribution >= 0.6 is 0 Å². The van der Waals surface area contributed by atoms with Crippen molar-refractivity contribution in [1.82, 2.24) is 15.1 Å². The third-order valence-electron chi connectivity index (χ3n) is 4.54. The zero-order chi connectivity index (χ0) is 15.0. The Morgan fingerprint density at radius 2 is 2.10 bits per heavy atom. The van der Waals surface area contributed by atoms with Gasteiger partial charge in [0.1, 0.15) is 0 Å². The zero-order valence-corrected chi connectivity index (χ0v) is 14.0. The summed E-state index contributed by atoms with van der Waals surface area (Å²) in [6, 6.07) is 2.20. The molecule has 1 fully saturated rings. The molecule has 1 aromatic heterocycles. The van der Waals surface area contributed by atoms with Crippen LogP contribution in [-0.4, -0.2) is 21.9 Å². The molecule has 1 saturated carbocycles. The Hall–Kier alpha value is -0.830. The molecule has 0 aliphatic heterocycles. The van der Waals surface area contributed by atoms with Crippen molar-refractivity contribution in [3.05, 3.63) is 18.0 Å². The van der Waals surface area contributed by atoms with Gasteiger partial charge in [-0.1, -0.05) is 13.8 Å². The second-order valence-corrected chi connectivity index (χ2v) is 8.32. The molecule has 2 unspecified atom stereocenters. The molecule has 1 aliphatic carbocycles. The summed E-state index contributed by atoms with van der Waals surface area (Å²) in [6.45, 7) is 12.6. The van der Waals surface area contributed by atoms with Crippen molar-refractivity contribution in [3.63, 3.8) is 0 Å². The van der Waals surface area contributed by atoms with Crippen molar-refractivity contribution < 1.29 is 0 Å². The summed E-state index contributed by atoms with van der Waals surface area (Å²) in [5, 5.41) is 8.37. The lowest BCUT2D eigenvalue weighted by atomic mass is 9.66. The molecule has 114 valence electrons. The van der Waals surface area contributed by atoms with E-state index in [1.54, 1.807) is 0 Å². The fourth-order valence-corrected chi connectivity index (χ4v) is 3.30. The van der Waals surface area contributed by atoms with E-state index < -0.39 is 0 Å². The summed E-state index contributed by atoms with van der Waals surface area (Å²) in [5.41, 5.74) is 1.92. The minimum absolute atomic E-state index is 0.196. The van der Waals surface area contributed by atoms with Crippen LogP contribution in [0.4, 0.5) is 0 Å². The average Bonchev–Trinajstić information content (AvgIpc) is 2.72. The molecule has 0 bridgehead atoms. The number of hydrogen-bond donors (Lipinski definition) is 1. The van der Waals surface area contributed by atoms with E-state index in [1.165, 1.54) is 25.0 Å². The van der Waals surface area contributed by atoms with Crippen LogP contribution in [0.5, 0.6) is 0 Å². The van der Waals surface area contributed by atoms with Gasteiger partial charge in [0.15, 0.2) is 0 Å². The summed E-state index contributed by atoms with van der Waals surface area (Å²) in [5.74, 6) is 1.30. The van der Waals surface area contributed by atoms with E-state index in [2.05, 4.69) is 57.3 Å². The predicted octanol–water partition coefficient (Wildman–Crippen LogP) is 3.72. The van der Waals surface area contributed by atoms with E-state index in [4.69, 9.17) is 0 Å². The highest BCUT2D eigenvalue weighted by molar-refractivity contribution is 5.11. The number of aryl methyl sites for hydroxylation is 1.